The van der Waals surface area contributed by atoms with Crippen LogP contribution in [-0.4, -0.2) is 47.2 Å². The van der Waals surface area contributed by atoms with Gasteiger partial charge in [-0.1, -0.05) is 6.92 Å². The molecule has 34 heavy (non-hydrogen) atoms. The van der Waals surface area contributed by atoms with Crippen LogP contribution < -0.4 is 4.74 Å². The molecule has 3 atom stereocenters. The van der Waals surface area contributed by atoms with E-state index in [0.29, 0.717) is 12.4 Å². The van der Waals surface area contributed by atoms with Gasteiger partial charge in [0.25, 0.3) is 5.91 Å². The van der Waals surface area contributed by atoms with Crippen molar-refractivity contribution >= 4 is 11.9 Å². The van der Waals surface area contributed by atoms with Crippen molar-refractivity contribution in [2.24, 2.45) is 29.1 Å². The van der Waals surface area contributed by atoms with Crippen LogP contribution in [0.5, 0.6) is 5.75 Å². The monoisotopic (exact) mass is 473 g/mol. The van der Waals surface area contributed by atoms with Crippen LogP contribution in [0.2, 0.25) is 0 Å². The first-order valence-corrected chi connectivity index (χ1v) is 12.9. The zero-order chi connectivity index (χ0) is 23.8. The highest BCUT2D eigenvalue weighted by Gasteiger charge is 2.51. The Morgan fingerprint density at radius 3 is 2.29 bits per heavy atom. The molecule has 1 aromatic rings. The van der Waals surface area contributed by atoms with E-state index in [1.807, 2.05) is 0 Å². The lowest BCUT2D eigenvalue weighted by Gasteiger charge is -2.56. The van der Waals surface area contributed by atoms with E-state index in [4.69, 9.17) is 4.74 Å². The van der Waals surface area contributed by atoms with Gasteiger partial charge in [0.15, 0.2) is 0 Å². The maximum absolute atomic E-state index is 15.3. The number of alkyl halides is 1. The van der Waals surface area contributed by atoms with Crippen LogP contribution in [0.25, 0.3) is 0 Å². The van der Waals surface area contributed by atoms with E-state index < -0.39 is 35.8 Å². The van der Waals surface area contributed by atoms with E-state index in [0.717, 1.165) is 41.1 Å². The maximum atomic E-state index is 15.3. The number of hydrogen-bond acceptors (Lipinski definition) is 3. The normalized spacial score (nSPS) is 38.4. The molecule has 0 spiro atoms. The van der Waals surface area contributed by atoms with Crippen molar-refractivity contribution in [2.75, 3.05) is 13.2 Å². The third-order valence-corrected chi connectivity index (χ3v) is 9.34. The molecule has 7 heteroatoms. The molecule has 1 N–H and O–H groups in total. The molecule has 1 aliphatic heterocycles. The van der Waals surface area contributed by atoms with Gasteiger partial charge in [-0.2, -0.15) is 0 Å². The molecule has 1 amide bonds. The van der Waals surface area contributed by atoms with Crippen molar-refractivity contribution in [1.82, 2.24) is 4.90 Å². The molecule has 0 radical (unpaired) electrons. The summed E-state index contributed by atoms with van der Waals surface area (Å²) in [5.41, 5.74) is 0.832. The fourth-order valence-corrected chi connectivity index (χ4v) is 7.94. The topological polar surface area (TPSA) is 66.8 Å². The van der Waals surface area contributed by atoms with Crippen molar-refractivity contribution < 1.29 is 28.2 Å². The first kappa shape index (κ1) is 22.3. The van der Waals surface area contributed by atoms with Crippen LogP contribution in [0.4, 0.5) is 8.78 Å². The Labute approximate surface area is 198 Å². The first-order chi connectivity index (χ1) is 16.2. The van der Waals surface area contributed by atoms with Gasteiger partial charge in [0.2, 0.25) is 0 Å². The lowest BCUT2D eigenvalue weighted by Crippen LogP contribution is -2.48. The van der Waals surface area contributed by atoms with Crippen molar-refractivity contribution in [3.8, 4) is 5.75 Å². The van der Waals surface area contributed by atoms with Gasteiger partial charge in [-0.15, -0.1) is 0 Å². The fourth-order valence-electron chi connectivity index (χ4n) is 7.94. The average molecular weight is 474 g/mol. The van der Waals surface area contributed by atoms with Gasteiger partial charge in [0.1, 0.15) is 23.8 Å². The summed E-state index contributed by atoms with van der Waals surface area (Å²) in [6, 6.07) is 1.56. The van der Waals surface area contributed by atoms with Crippen LogP contribution in [0.1, 0.15) is 80.1 Å². The van der Waals surface area contributed by atoms with E-state index >= 15 is 4.39 Å². The SMILES string of the molecule is C[C@@H]1[C@@H](C(=O)O)N(C(=O)c2cc(C3CC3)c(OCC34CC5CC(CC(C5)C3)C4)cc2F)C[C@@H]1F. The van der Waals surface area contributed by atoms with E-state index in [-0.39, 0.29) is 23.4 Å². The second-order valence-corrected chi connectivity index (χ2v) is 12.0. The summed E-state index contributed by atoms with van der Waals surface area (Å²) in [7, 11) is 0. The van der Waals surface area contributed by atoms with Gasteiger partial charge in [0.05, 0.1) is 18.7 Å². The van der Waals surface area contributed by atoms with Crippen LogP contribution >= 0.6 is 0 Å². The molecule has 184 valence electrons. The highest BCUT2D eigenvalue weighted by molar-refractivity contribution is 5.97. The summed E-state index contributed by atoms with van der Waals surface area (Å²) in [6.45, 7) is 1.74. The predicted molar refractivity (Wildman–Crippen MR) is 121 cm³/mol. The summed E-state index contributed by atoms with van der Waals surface area (Å²) in [6.07, 6.45) is 8.12. The number of rotatable bonds is 6. The number of ether oxygens (including phenoxy) is 1. The highest BCUT2D eigenvalue weighted by atomic mass is 19.1. The van der Waals surface area contributed by atoms with Gasteiger partial charge in [-0.25, -0.2) is 13.6 Å². The molecule has 1 saturated heterocycles. The molecule has 5 nitrogen and oxygen atoms in total. The molecule has 6 aliphatic rings. The molecule has 0 aromatic heterocycles. The van der Waals surface area contributed by atoms with Gasteiger partial charge >= 0.3 is 5.97 Å². The molecular formula is C27H33F2NO4. The molecule has 1 heterocycles. The van der Waals surface area contributed by atoms with Crippen molar-refractivity contribution in [3.63, 3.8) is 0 Å². The van der Waals surface area contributed by atoms with Crippen LogP contribution in [0, 0.1) is 34.9 Å². The number of amides is 1. The van der Waals surface area contributed by atoms with E-state index in [9.17, 15) is 19.1 Å². The molecule has 0 unspecified atom stereocenters. The standard InChI is InChI=1S/C27H33F2NO4/c1-14-22(29)12-30(24(14)26(32)33)25(31)20-7-19(18-2-3-18)23(8-21(20)28)34-13-27-9-15-4-16(10-27)6-17(5-15)11-27/h7-8,14-18,22,24H,2-6,9-13H2,1H3,(H,32,33)/t14-,15?,16?,17?,22-,24-,27?/m0/s1. The van der Waals surface area contributed by atoms with Gasteiger partial charge in [-0.05, 0) is 86.7 Å². The minimum atomic E-state index is -1.45. The number of carboxylic acid groups (broad SMARTS) is 1. The summed E-state index contributed by atoms with van der Waals surface area (Å²) in [4.78, 5) is 25.9. The predicted octanol–water partition coefficient (Wildman–Crippen LogP) is 5.18. The number of nitrogens with zero attached hydrogens (tertiary/aromatic N) is 1. The smallest absolute Gasteiger partial charge is 0.326 e. The molecule has 4 bridgehead atoms. The zero-order valence-electron chi connectivity index (χ0n) is 19.6. The quantitative estimate of drug-likeness (QED) is 0.618. The lowest BCUT2D eigenvalue weighted by molar-refractivity contribution is -0.142. The van der Waals surface area contributed by atoms with E-state index in [1.165, 1.54) is 51.5 Å². The number of halogens is 2. The Bertz CT molecular complexity index is 987. The lowest BCUT2D eigenvalue weighted by atomic mass is 9.50. The van der Waals surface area contributed by atoms with Gasteiger partial charge < -0.3 is 14.7 Å². The second kappa shape index (κ2) is 7.92. The number of carbonyl (C=O) groups is 2. The van der Waals surface area contributed by atoms with E-state index in [2.05, 4.69) is 0 Å². The number of carboxylic acids is 1. The molecule has 6 fully saturated rings. The number of aliphatic carboxylic acids is 1. The number of likely N-dealkylation sites (tertiary alicyclic amines) is 1. The summed E-state index contributed by atoms with van der Waals surface area (Å²) in [5, 5.41) is 9.55. The Kier molecular flexibility index (Phi) is 5.19. The Balaban J connectivity index is 1.25. The molecule has 7 rings (SSSR count). The highest BCUT2D eigenvalue weighted by Crippen LogP contribution is 2.60. The zero-order valence-corrected chi connectivity index (χ0v) is 19.6. The Hall–Kier alpha value is -2.18. The fraction of sp³-hybridized carbons (Fsp3) is 0.704. The number of benzene rings is 1. The van der Waals surface area contributed by atoms with Gasteiger partial charge in [-0.3, -0.25) is 4.79 Å². The largest absolute Gasteiger partial charge is 0.493 e. The second-order valence-electron chi connectivity index (χ2n) is 12.0. The van der Waals surface area contributed by atoms with Crippen LogP contribution in [0.3, 0.4) is 0 Å². The van der Waals surface area contributed by atoms with Crippen LogP contribution in [-0.2, 0) is 4.79 Å². The number of hydrogen-bond donors (Lipinski definition) is 1. The molecule has 5 saturated carbocycles. The number of carbonyl (C=O) groups excluding carboxylic acids is 1. The van der Waals surface area contributed by atoms with Crippen molar-refractivity contribution in [3.05, 3.63) is 29.1 Å². The van der Waals surface area contributed by atoms with Crippen LogP contribution in [0.15, 0.2) is 12.1 Å². The third-order valence-electron chi connectivity index (χ3n) is 9.34. The minimum Gasteiger partial charge on any atom is -0.493 e. The first-order valence-electron chi connectivity index (χ1n) is 12.9. The summed E-state index contributed by atoms with van der Waals surface area (Å²) >= 11 is 0. The van der Waals surface area contributed by atoms with E-state index in [1.54, 1.807) is 6.07 Å². The van der Waals surface area contributed by atoms with Crippen molar-refractivity contribution in [1.29, 1.82) is 0 Å². The summed E-state index contributed by atoms with van der Waals surface area (Å²) in [5.74, 6) is -0.438. The van der Waals surface area contributed by atoms with Gasteiger partial charge in [0, 0.05) is 17.4 Å². The Morgan fingerprint density at radius 2 is 1.74 bits per heavy atom. The molecule has 5 aliphatic carbocycles. The summed E-state index contributed by atoms with van der Waals surface area (Å²) < 4.78 is 35.9. The molecular weight excluding hydrogens is 440 g/mol. The van der Waals surface area contributed by atoms with Crippen molar-refractivity contribution in [2.45, 2.75) is 76.4 Å². The Morgan fingerprint density at radius 1 is 1.12 bits per heavy atom. The minimum absolute atomic E-state index is 0.184. The average Bonchev–Trinajstić information content (AvgIpc) is 3.56. The third kappa shape index (κ3) is 3.70. The molecule has 1 aromatic carbocycles. The maximum Gasteiger partial charge on any atom is 0.326 e.